The maximum absolute atomic E-state index is 12.1. The summed E-state index contributed by atoms with van der Waals surface area (Å²) < 4.78 is 31.7. The summed E-state index contributed by atoms with van der Waals surface area (Å²) in [5, 5.41) is 13.7. The smallest absolute Gasteiger partial charge is 0.475 e. The van der Waals surface area contributed by atoms with Gasteiger partial charge in [-0.05, 0) is 30.7 Å². The van der Waals surface area contributed by atoms with Gasteiger partial charge in [0.1, 0.15) is 0 Å². The molecule has 2 aliphatic carbocycles. The largest absolute Gasteiger partial charge is 0.490 e. The number of carbonyl (C=O) groups is 2. The van der Waals surface area contributed by atoms with Crippen molar-refractivity contribution in [2.75, 3.05) is 0 Å². The minimum Gasteiger partial charge on any atom is -0.475 e. The molecule has 5 atom stereocenters. The number of piperidine rings is 1. The van der Waals surface area contributed by atoms with Crippen molar-refractivity contribution in [2.45, 2.75) is 49.5 Å². The molecule has 0 unspecified atom stereocenters. The first-order valence-corrected chi connectivity index (χ1v) is 8.17. The summed E-state index contributed by atoms with van der Waals surface area (Å²) in [6.45, 7) is 0. The molecule has 0 spiro atoms. The SMILES string of the molecule is O=C(N[C@H]1C[C@@H]1c1ccccc1)[C@@H]1C[C@H]2C[C@H]2N1.O=C(O)C(F)(F)F. The summed E-state index contributed by atoms with van der Waals surface area (Å²) >= 11 is 0. The second kappa shape index (κ2) is 6.67. The number of carbonyl (C=O) groups excluding carboxylic acids is 1. The summed E-state index contributed by atoms with van der Waals surface area (Å²) in [5.41, 5.74) is 1.35. The van der Waals surface area contributed by atoms with Crippen LogP contribution in [0.1, 0.15) is 30.7 Å². The molecule has 1 amide bonds. The van der Waals surface area contributed by atoms with Crippen molar-refractivity contribution in [2.24, 2.45) is 5.92 Å². The quantitative estimate of drug-likeness (QED) is 0.775. The van der Waals surface area contributed by atoms with E-state index in [0.29, 0.717) is 18.0 Å². The molecule has 0 radical (unpaired) electrons. The zero-order valence-electron chi connectivity index (χ0n) is 13.3. The van der Waals surface area contributed by atoms with Gasteiger partial charge in [0, 0.05) is 18.0 Å². The Labute approximate surface area is 142 Å². The number of alkyl halides is 3. The summed E-state index contributed by atoms with van der Waals surface area (Å²) in [5.74, 6) is -1.23. The zero-order chi connectivity index (χ0) is 18.2. The lowest BCUT2D eigenvalue weighted by Crippen LogP contribution is -2.43. The van der Waals surface area contributed by atoms with E-state index in [2.05, 4.69) is 34.9 Å². The van der Waals surface area contributed by atoms with Crippen LogP contribution in [0.15, 0.2) is 30.3 Å². The highest BCUT2D eigenvalue weighted by atomic mass is 19.4. The average molecular weight is 356 g/mol. The van der Waals surface area contributed by atoms with Crippen LogP contribution in [0.2, 0.25) is 0 Å². The van der Waals surface area contributed by atoms with Crippen molar-refractivity contribution < 1.29 is 27.9 Å². The lowest BCUT2D eigenvalue weighted by molar-refractivity contribution is -0.192. The number of amides is 1. The van der Waals surface area contributed by atoms with E-state index in [0.717, 1.165) is 18.8 Å². The number of hydrogen-bond donors (Lipinski definition) is 3. The summed E-state index contributed by atoms with van der Waals surface area (Å²) in [6.07, 6.45) is -1.67. The van der Waals surface area contributed by atoms with E-state index in [1.165, 1.54) is 12.0 Å². The van der Waals surface area contributed by atoms with Gasteiger partial charge in [-0.1, -0.05) is 30.3 Å². The lowest BCUT2D eigenvalue weighted by atomic mass is 10.1. The molecular weight excluding hydrogens is 337 g/mol. The second-order valence-electron chi connectivity index (χ2n) is 6.73. The van der Waals surface area contributed by atoms with Gasteiger partial charge in [-0.25, -0.2) is 4.79 Å². The van der Waals surface area contributed by atoms with Crippen LogP contribution in [-0.2, 0) is 9.59 Å². The Hall–Kier alpha value is -2.09. The third kappa shape index (κ3) is 4.50. The van der Waals surface area contributed by atoms with Gasteiger partial charge in [-0.3, -0.25) is 4.79 Å². The highest BCUT2D eigenvalue weighted by molar-refractivity contribution is 5.83. The van der Waals surface area contributed by atoms with Gasteiger partial charge in [-0.15, -0.1) is 0 Å². The summed E-state index contributed by atoms with van der Waals surface area (Å²) in [6, 6.07) is 11.6. The minimum atomic E-state index is -5.08. The van der Waals surface area contributed by atoms with Gasteiger partial charge in [-0.2, -0.15) is 13.2 Å². The Morgan fingerprint density at radius 1 is 1.12 bits per heavy atom. The number of carboxylic acids is 1. The van der Waals surface area contributed by atoms with Crippen LogP contribution in [0.25, 0.3) is 0 Å². The maximum Gasteiger partial charge on any atom is 0.490 e. The predicted octanol–water partition coefficient (Wildman–Crippen LogP) is 2.04. The summed E-state index contributed by atoms with van der Waals surface area (Å²) in [4.78, 5) is 21.0. The van der Waals surface area contributed by atoms with E-state index in [1.807, 2.05) is 6.07 Å². The topological polar surface area (TPSA) is 78.4 Å². The Bertz CT molecular complexity index is 640. The van der Waals surface area contributed by atoms with Crippen molar-refractivity contribution in [3.63, 3.8) is 0 Å². The predicted molar refractivity (Wildman–Crippen MR) is 82.9 cm³/mol. The van der Waals surface area contributed by atoms with E-state index < -0.39 is 12.1 Å². The van der Waals surface area contributed by atoms with Crippen LogP contribution in [0.4, 0.5) is 13.2 Å². The minimum absolute atomic E-state index is 0.0748. The Balaban J connectivity index is 0.000000225. The summed E-state index contributed by atoms with van der Waals surface area (Å²) in [7, 11) is 0. The highest BCUT2D eigenvalue weighted by Crippen LogP contribution is 2.42. The van der Waals surface area contributed by atoms with Crippen LogP contribution in [0.3, 0.4) is 0 Å². The van der Waals surface area contributed by atoms with Gasteiger partial charge >= 0.3 is 12.1 Å². The molecule has 2 saturated carbocycles. The van der Waals surface area contributed by atoms with Crippen LogP contribution in [-0.4, -0.2) is 41.3 Å². The number of aliphatic carboxylic acids is 1. The maximum atomic E-state index is 12.1. The Morgan fingerprint density at radius 2 is 1.76 bits per heavy atom. The zero-order valence-corrected chi connectivity index (χ0v) is 13.3. The molecule has 0 bridgehead atoms. The number of fused-ring (bicyclic) bond motifs is 1. The molecule has 136 valence electrons. The fourth-order valence-electron chi connectivity index (χ4n) is 3.23. The first-order chi connectivity index (χ1) is 11.8. The standard InChI is InChI=1S/C15H18N2O.C2HF3O2/c18-15(14-7-10-6-12(10)16-14)17-13-8-11(13)9-4-2-1-3-5-9;3-2(4,5)1(6)7/h1-5,10-14,16H,6-8H2,(H,17,18);(H,6,7)/t10-,11-,12-,13+,14+;/m1./s1. The van der Waals surface area contributed by atoms with Crippen LogP contribution in [0, 0.1) is 5.92 Å². The average Bonchev–Trinajstić information content (AvgIpc) is 3.46. The number of halogens is 3. The normalized spacial score (nSPS) is 32.0. The molecule has 1 aromatic rings. The molecule has 1 aromatic carbocycles. The first kappa shape index (κ1) is 17.7. The molecule has 0 aromatic heterocycles. The third-order valence-electron chi connectivity index (χ3n) is 4.78. The number of hydrogen-bond acceptors (Lipinski definition) is 3. The Morgan fingerprint density at radius 3 is 2.28 bits per heavy atom. The van der Waals surface area contributed by atoms with E-state index in [9.17, 15) is 18.0 Å². The number of benzene rings is 1. The lowest BCUT2D eigenvalue weighted by Gasteiger charge is -2.13. The second-order valence-corrected chi connectivity index (χ2v) is 6.73. The monoisotopic (exact) mass is 356 g/mol. The highest BCUT2D eigenvalue weighted by Gasteiger charge is 2.49. The van der Waals surface area contributed by atoms with Crippen molar-refractivity contribution in [1.82, 2.24) is 10.6 Å². The van der Waals surface area contributed by atoms with Crippen LogP contribution in [0.5, 0.6) is 0 Å². The molecular formula is C17H19F3N2O3. The Kier molecular flexibility index (Phi) is 4.73. The van der Waals surface area contributed by atoms with Gasteiger partial charge in [0.05, 0.1) is 6.04 Å². The van der Waals surface area contributed by atoms with Crippen molar-refractivity contribution in [1.29, 1.82) is 0 Å². The number of nitrogens with one attached hydrogen (secondary N) is 2. The van der Waals surface area contributed by atoms with E-state index >= 15 is 0 Å². The van der Waals surface area contributed by atoms with Crippen molar-refractivity contribution in [3.05, 3.63) is 35.9 Å². The fourth-order valence-corrected chi connectivity index (χ4v) is 3.23. The van der Waals surface area contributed by atoms with E-state index in [4.69, 9.17) is 9.90 Å². The van der Waals surface area contributed by atoms with Crippen molar-refractivity contribution in [3.8, 4) is 0 Å². The molecule has 8 heteroatoms. The molecule has 5 nitrogen and oxygen atoms in total. The van der Waals surface area contributed by atoms with Crippen molar-refractivity contribution >= 4 is 11.9 Å². The van der Waals surface area contributed by atoms with Gasteiger partial charge < -0.3 is 15.7 Å². The van der Waals surface area contributed by atoms with E-state index in [-0.39, 0.29) is 11.9 Å². The first-order valence-electron chi connectivity index (χ1n) is 8.17. The van der Waals surface area contributed by atoms with Gasteiger partial charge in [0.2, 0.25) is 5.91 Å². The van der Waals surface area contributed by atoms with E-state index in [1.54, 1.807) is 0 Å². The van der Waals surface area contributed by atoms with Crippen LogP contribution >= 0.6 is 0 Å². The molecule has 3 N–H and O–H groups in total. The third-order valence-corrected chi connectivity index (χ3v) is 4.78. The molecule has 3 aliphatic rings. The molecule has 1 aliphatic heterocycles. The van der Waals surface area contributed by atoms with Crippen LogP contribution < -0.4 is 10.6 Å². The van der Waals surface area contributed by atoms with Gasteiger partial charge in [0.15, 0.2) is 0 Å². The molecule has 1 saturated heterocycles. The number of carboxylic acid groups (broad SMARTS) is 1. The number of rotatable bonds is 3. The molecule has 3 fully saturated rings. The van der Waals surface area contributed by atoms with Gasteiger partial charge in [0.25, 0.3) is 0 Å². The molecule has 1 heterocycles. The molecule has 4 rings (SSSR count). The molecule has 25 heavy (non-hydrogen) atoms. The fraction of sp³-hybridized carbons (Fsp3) is 0.529.